The number of carbonyl (C=O) groups excluding carboxylic acids is 2. The molecule has 0 aliphatic carbocycles. The fourth-order valence-electron chi connectivity index (χ4n) is 3.14. The van der Waals surface area contributed by atoms with Crippen LogP contribution in [0, 0.1) is 0 Å². The number of nitrogens with one attached hydrogen (secondary N) is 1. The number of nitrogens with zero attached hydrogens (tertiary/aromatic N) is 1. The third-order valence-electron chi connectivity index (χ3n) is 4.38. The molecule has 0 radical (unpaired) electrons. The van der Waals surface area contributed by atoms with Crippen molar-refractivity contribution in [2.45, 2.75) is 12.8 Å². The quantitative estimate of drug-likeness (QED) is 0.745. The van der Waals surface area contributed by atoms with Gasteiger partial charge in [-0.1, -0.05) is 24.3 Å². The maximum Gasteiger partial charge on any atom is 0.417 e. The molecule has 2 amide bonds. The van der Waals surface area contributed by atoms with Gasteiger partial charge in [0, 0.05) is 17.9 Å². The molecule has 4 rings (SSSR count). The molecule has 3 aromatic rings. The first kappa shape index (κ1) is 16.9. The van der Waals surface area contributed by atoms with E-state index in [4.69, 9.17) is 9.15 Å². The molecule has 0 fully saturated rings. The number of amides is 2. The minimum Gasteiger partial charge on any atom is -0.459 e. The van der Waals surface area contributed by atoms with Crippen molar-refractivity contribution in [2.75, 3.05) is 16.8 Å². The van der Waals surface area contributed by atoms with Crippen molar-refractivity contribution in [3.63, 3.8) is 0 Å². The van der Waals surface area contributed by atoms with Crippen molar-refractivity contribution in [1.82, 2.24) is 0 Å². The van der Waals surface area contributed by atoms with E-state index in [1.165, 1.54) is 6.26 Å². The molecule has 1 aromatic heterocycles. The van der Waals surface area contributed by atoms with Crippen LogP contribution in [0.25, 0.3) is 0 Å². The van der Waals surface area contributed by atoms with E-state index in [-0.39, 0.29) is 5.91 Å². The maximum absolute atomic E-state index is 12.7. The SMILES string of the molecule is O=C(Nc1ccc2c(c1)N(C(=O)c1ccco1)CCC2)Oc1ccccc1. The van der Waals surface area contributed by atoms with E-state index in [2.05, 4.69) is 5.32 Å². The van der Waals surface area contributed by atoms with Crippen LogP contribution in [-0.4, -0.2) is 18.5 Å². The normalized spacial score (nSPS) is 13.0. The third kappa shape index (κ3) is 3.69. The van der Waals surface area contributed by atoms with Crippen LogP contribution in [0.1, 0.15) is 22.5 Å². The number of anilines is 2. The first-order valence-electron chi connectivity index (χ1n) is 8.73. The van der Waals surface area contributed by atoms with Gasteiger partial charge in [-0.05, 0) is 54.8 Å². The van der Waals surface area contributed by atoms with Crippen LogP contribution in [-0.2, 0) is 6.42 Å². The molecule has 136 valence electrons. The van der Waals surface area contributed by atoms with Crippen molar-refractivity contribution in [1.29, 1.82) is 0 Å². The molecule has 0 unspecified atom stereocenters. The summed E-state index contributed by atoms with van der Waals surface area (Å²) in [5.74, 6) is 0.567. The summed E-state index contributed by atoms with van der Waals surface area (Å²) >= 11 is 0. The molecule has 1 aliphatic heterocycles. The zero-order valence-electron chi connectivity index (χ0n) is 14.6. The molecule has 1 aliphatic rings. The lowest BCUT2D eigenvalue weighted by atomic mass is 10.0. The standard InChI is InChI=1S/C21H18N2O4/c24-20(19-9-5-13-26-19)23-12-4-6-15-10-11-16(14-18(15)23)22-21(25)27-17-7-2-1-3-8-17/h1-3,5,7-11,13-14H,4,6,12H2,(H,22,25). The van der Waals surface area contributed by atoms with Crippen LogP contribution in [0.15, 0.2) is 71.3 Å². The summed E-state index contributed by atoms with van der Waals surface area (Å²) in [6.45, 7) is 0.602. The Balaban J connectivity index is 1.54. The summed E-state index contributed by atoms with van der Waals surface area (Å²) in [6, 6.07) is 17.7. The first-order chi connectivity index (χ1) is 13.2. The van der Waals surface area contributed by atoms with Gasteiger partial charge in [0.05, 0.1) is 6.26 Å². The smallest absolute Gasteiger partial charge is 0.417 e. The van der Waals surface area contributed by atoms with Crippen molar-refractivity contribution >= 4 is 23.4 Å². The van der Waals surface area contributed by atoms with Crippen LogP contribution in [0.3, 0.4) is 0 Å². The number of furan rings is 1. The van der Waals surface area contributed by atoms with E-state index in [0.29, 0.717) is 23.7 Å². The minimum atomic E-state index is -0.583. The Bertz CT molecular complexity index is 952. The molecular weight excluding hydrogens is 344 g/mol. The topological polar surface area (TPSA) is 71.8 Å². The average molecular weight is 362 g/mol. The zero-order valence-corrected chi connectivity index (χ0v) is 14.6. The fourth-order valence-corrected chi connectivity index (χ4v) is 3.14. The highest BCUT2D eigenvalue weighted by atomic mass is 16.6. The van der Waals surface area contributed by atoms with Gasteiger partial charge >= 0.3 is 6.09 Å². The summed E-state index contributed by atoms with van der Waals surface area (Å²) in [5.41, 5.74) is 2.40. The molecule has 6 nitrogen and oxygen atoms in total. The number of hydrogen-bond donors (Lipinski definition) is 1. The van der Waals surface area contributed by atoms with Crippen LogP contribution >= 0.6 is 0 Å². The monoisotopic (exact) mass is 362 g/mol. The number of hydrogen-bond acceptors (Lipinski definition) is 4. The van der Waals surface area contributed by atoms with Crippen LogP contribution < -0.4 is 15.0 Å². The molecule has 1 N–H and O–H groups in total. The number of benzene rings is 2. The molecule has 6 heteroatoms. The number of aryl methyl sites for hydroxylation is 1. The summed E-state index contributed by atoms with van der Waals surface area (Å²) in [4.78, 5) is 26.5. The van der Waals surface area contributed by atoms with Gasteiger partial charge in [-0.15, -0.1) is 0 Å². The van der Waals surface area contributed by atoms with Gasteiger partial charge in [-0.3, -0.25) is 10.1 Å². The number of rotatable bonds is 3. The van der Waals surface area contributed by atoms with Crippen molar-refractivity contribution in [2.24, 2.45) is 0 Å². The third-order valence-corrected chi connectivity index (χ3v) is 4.38. The molecular formula is C21H18N2O4. The second-order valence-corrected chi connectivity index (χ2v) is 6.21. The highest BCUT2D eigenvalue weighted by Crippen LogP contribution is 2.31. The van der Waals surface area contributed by atoms with E-state index >= 15 is 0 Å². The van der Waals surface area contributed by atoms with Crippen molar-refractivity contribution < 1.29 is 18.7 Å². The lowest BCUT2D eigenvalue weighted by molar-refractivity contribution is 0.0958. The van der Waals surface area contributed by atoms with Gasteiger partial charge in [-0.25, -0.2) is 4.79 Å². The Hall–Kier alpha value is -3.54. The maximum atomic E-state index is 12.7. The zero-order chi connectivity index (χ0) is 18.6. The summed E-state index contributed by atoms with van der Waals surface area (Å²) in [5, 5.41) is 2.71. The Morgan fingerprint density at radius 1 is 1.04 bits per heavy atom. The summed E-state index contributed by atoms with van der Waals surface area (Å²) in [6.07, 6.45) is 2.66. The molecule has 0 saturated carbocycles. The van der Waals surface area contributed by atoms with Crippen LogP contribution in [0.5, 0.6) is 5.75 Å². The minimum absolute atomic E-state index is 0.190. The molecule has 2 aromatic carbocycles. The number of para-hydroxylation sites is 1. The highest BCUT2D eigenvalue weighted by molar-refractivity contribution is 6.05. The predicted molar refractivity (Wildman–Crippen MR) is 101 cm³/mol. The van der Waals surface area contributed by atoms with E-state index in [1.807, 2.05) is 18.2 Å². The van der Waals surface area contributed by atoms with Gasteiger partial charge < -0.3 is 14.1 Å². The van der Waals surface area contributed by atoms with Gasteiger partial charge in [0.25, 0.3) is 5.91 Å². The molecule has 0 saturated heterocycles. The van der Waals surface area contributed by atoms with E-state index < -0.39 is 6.09 Å². The predicted octanol–water partition coefficient (Wildman–Crippen LogP) is 4.48. The Morgan fingerprint density at radius 2 is 1.89 bits per heavy atom. The fraction of sp³-hybridized carbons (Fsp3) is 0.143. The number of carbonyl (C=O) groups is 2. The second-order valence-electron chi connectivity index (χ2n) is 6.21. The lowest BCUT2D eigenvalue weighted by Gasteiger charge is -2.29. The van der Waals surface area contributed by atoms with Crippen molar-refractivity contribution in [3.05, 3.63) is 78.3 Å². The second kappa shape index (κ2) is 7.37. The van der Waals surface area contributed by atoms with Gasteiger partial charge in [0.15, 0.2) is 5.76 Å². The Kier molecular flexibility index (Phi) is 4.61. The molecule has 0 atom stereocenters. The molecule has 0 spiro atoms. The van der Waals surface area contributed by atoms with E-state index in [0.717, 1.165) is 24.1 Å². The largest absolute Gasteiger partial charge is 0.459 e. The van der Waals surface area contributed by atoms with E-state index in [1.54, 1.807) is 47.4 Å². The Labute approximate surface area is 156 Å². The number of fused-ring (bicyclic) bond motifs is 1. The van der Waals surface area contributed by atoms with Crippen LogP contribution in [0.4, 0.5) is 16.2 Å². The highest BCUT2D eigenvalue weighted by Gasteiger charge is 2.25. The van der Waals surface area contributed by atoms with Gasteiger partial charge in [0.1, 0.15) is 5.75 Å². The average Bonchev–Trinajstić information content (AvgIpc) is 3.22. The lowest BCUT2D eigenvalue weighted by Crippen LogP contribution is -2.35. The number of ether oxygens (including phenoxy) is 1. The molecule has 2 heterocycles. The van der Waals surface area contributed by atoms with Gasteiger partial charge in [0.2, 0.25) is 0 Å². The summed E-state index contributed by atoms with van der Waals surface area (Å²) in [7, 11) is 0. The van der Waals surface area contributed by atoms with Crippen molar-refractivity contribution in [3.8, 4) is 5.75 Å². The summed E-state index contributed by atoms with van der Waals surface area (Å²) < 4.78 is 10.5. The Morgan fingerprint density at radius 3 is 2.67 bits per heavy atom. The van der Waals surface area contributed by atoms with E-state index in [9.17, 15) is 9.59 Å². The van der Waals surface area contributed by atoms with Crippen LogP contribution in [0.2, 0.25) is 0 Å². The molecule has 0 bridgehead atoms. The van der Waals surface area contributed by atoms with Gasteiger partial charge in [-0.2, -0.15) is 0 Å². The first-order valence-corrected chi connectivity index (χ1v) is 8.73. The molecule has 27 heavy (non-hydrogen) atoms.